The molecule has 0 unspecified atom stereocenters. The van der Waals surface area contributed by atoms with Crippen molar-refractivity contribution >= 4 is 34.2 Å². The average molecular weight is 177 g/mol. The van der Waals surface area contributed by atoms with Crippen LogP contribution in [0.3, 0.4) is 0 Å². The van der Waals surface area contributed by atoms with Gasteiger partial charge < -0.3 is 0 Å². The Labute approximate surface area is 67.4 Å². The van der Waals surface area contributed by atoms with Crippen molar-refractivity contribution in [3.8, 4) is 0 Å². The van der Waals surface area contributed by atoms with Crippen LogP contribution in [0.4, 0.5) is 5.13 Å². The fourth-order valence-electron chi connectivity index (χ4n) is 0.448. The zero-order chi connectivity index (χ0) is 7.56. The molecule has 0 atom stereocenters. The van der Waals surface area contributed by atoms with Crippen molar-refractivity contribution in [2.45, 2.75) is 6.92 Å². The molecule has 10 heavy (non-hydrogen) atoms. The maximum atomic E-state index is 10.6. The highest BCUT2D eigenvalue weighted by atomic mass is 35.5. The summed E-state index contributed by atoms with van der Waals surface area (Å²) in [5.41, 5.74) is 0. The normalized spacial score (nSPS) is 9.40. The summed E-state index contributed by atoms with van der Waals surface area (Å²) < 4.78 is 0.991. The van der Waals surface area contributed by atoms with Crippen molar-refractivity contribution in [1.82, 2.24) is 4.98 Å². The van der Waals surface area contributed by atoms with E-state index in [2.05, 4.69) is 4.98 Å². The van der Waals surface area contributed by atoms with Crippen LogP contribution < -0.4 is 4.42 Å². The van der Waals surface area contributed by atoms with E-state index < -0.39 is 0 Å². The van der Waals surface area contributed by atoms with Crippen LogP contribution in [0.1, 0.15) is 6.92 Å². The molecule has 0 spiro atoms. The lowest BCUT2D eigenvalue weighted by Gasteiger charge is -2.04. The van der Waals surface area contributed by atoms with Gasteiger partial charge in [0.1, 0.15) is 0 Å². The summed E-state index contributed by atoms with van der Waals surface area (Å²) in [4.78, 5) is 14.4. The number of amides is 1. The molecule has 0 aliphatic rings. The third-order valence-electron chi connectivity index (χ3n) is 0.864. The molecule has 0 aliphatic carbocycles. The average Bonchev–Trinajstić information content (AvgIpc) is 2.36. The highest BCUT2D eigenvalue weighted by Crippen LogP contribution is 2.18. The summed E-state index contributed by atoms with van der Waals surface area (Å²) in [7, 11) is 0. The topological polar surface area (TPSA) is 33.2 Å². The van der Waals surface area contributed by atoms with Gasteiger partial charge in [0.25, 0.3) is 0 Å². The molecule has 0 aromatic carbocycles. The number of halogens is 1. The molecule has 3 nitrogen and oxygen atoms in total. The van der Waals surface area contributed by atoms with Crippen molar-refractivity contribution in [1.29, 1.82) is 0 Å². The van der Waals surface area contributed by atoms with Gasteiger partial charge >= 0.3 is 0 Å². The van der Waals surface area contributed by atoms with E-state index in [1.165, 1.54) is 18.3 Å². The lowest BCUT2D eigenvalue weighted by molar-refractivity contribution is -0.115. The molecule has 1 aromatic heterocycles. The molecule has 0 fully saturated rings. The Kier molecular flexibility index (Phi) is 2.24. The smallest absolute Gasteiger partial charge is 0.240 e. The van der Waals surface area contributed by atoms with Gasteiger partial charge in [-0.25, -0.2) is 4.98 Å². The molecule has 0 N–H and O–H groups in total. The van der Waals surface area contributed by atoms with Gasteiger partial charge in [-0.1, -0.05) is 0 Å². The molecule has 0 aliphatic heterocycles. The SMILES string of the molecule is CC(=O)N(Cl)c1nccs1. The minimum atomic E-state index is -0.225. The zero-order valence-electron chi connectivity index (χ0n) is 5.24. The van der Waals surface area contributed by atoms with E-state index in [9.17, 15) is 4.79 Å². The zero-order valence-corrected chi connectivity index (χ0v) is 6.82. The highest BCUT2D eigenvalue weighted by Gasteiger charge is 2.09. The van der Waals surface area contributed by atoms with Crippen molar-refractivity contribution in [2.24, 2.45) is 0 Å². The minimum absolute atomic E-state index is 0.225. The molecule has 1 heterocycles. The predicted octanol–water partition coefficient (Wildman–Crippen LogP) is 1.65. The van der Waals surface area contributed by atoms with Crippen LogP contribution in [0.2, 0.25) is 0 Å². The monoisotopic (exact) mass is 176 g/mol. The number of anilines is 1. The van der Waals surface area contributed by atoms with E-state index in [-0.39, 0.29) is 5.91 Å². The molecule has 0 saturated heterocycles. The Hall–Kier alpha value is -0.610. The molecule has 0 bridgehead atoms. The standard InChI is InChI=1S/C5H5ClN2OS/c1-4(9)8(6)5-7-2-3-10-5/h2-3H,1H3. The second-order valence-electron chi connectivity index (χ2n) is 1.61. The number of carbonyl (C=O) groups is 1. The lowest BCUT2D eigenvalue weighted by atomic mass is 10.7. The van der Waals surface area contributed by atoms with E-state index in [1.807, 2.05) is 0 Å². The summed E-state index contributed by atoms with van der Waals surface area (Å²) in [5, 5.41) is 2.27. The highest BCUT2D eigenvalue weighted by molar-refractivity contribution is 7.14. The maximum Gasteiger partial charge on any atom is 0.240 e. The molecule has 0 radical (unpaired) electrons. The Morgan fingerprint density at radius 3 is 3.00 bits per heavy atom. The third kappa shape index (κ3) is 1.46. The van der Waals surface area contributed by atoms with Gasteiger partial charge in [0.2, 0.25) is 11.0 Å². The van der Waals surface area contributed by atoms with E-state index in [0.717, 1.165) is 4.42 Å². The fraction of sp³-hybridized carbons (Fsp3) is 0.200. The summed E-state index contributed by atoms with van der Waals surface area (Å²) in [6, 6.07) is 0. The Balaban J connectivity index is 2.77. The van der Waals surface area contributed by atoms with Gasteiger partial charge in [-0.2, -0.15) is 4.42 Å². The van der Waals surface area contributed by atoms with Gasteiger partial charge in [-0.3, -0.25) is 4.79 Å². The van der Waals surface area contributed by atoms with Gasteiger partial charge in [-0.15, -0.1) is 11.3 Å². The molecular weight excluding hydrogens is 172 g/mol. The Morgan fingerprint density at radius 1 is 1.90 bits per heavy atom. The van der Waals surface area contributed by atoms with Crippen molar-refractivity contribution < 1.29 is 4.79 Å². The van der Waals surface area contributed by atoms with Crippen molar-refractivity contribution in [3.05, 3.63) is 11.6 Å². The first-order valence-electron chi connectivity index (χ1n) is 2.58. The van der Waals surface area contributed by atoms with Gasteiger partial charge in [-0.05, 0) is 0 Å². The number of thiazole rings is 1. The molecule has 5 heteroatoms. The second-order valence-corrected chi connectivity index (χ2v) is 2.83. The fourth-order valence-corrected chi connectivity index (χ4v) is 1.20. The third-order valence-corrected chi connectivity index (χ3v) is 2.12. The minimum Gasteiger partial charge on any atom is -0.273 e. The molecule has 1 rings (SSSR count). The summed E-state index contributed by atoms with van der Waals surface area (Å²) in [6.07, 6.45) is 1.60. The molecule has 1 amide bonds. The number of hydrogen-bond acceptors (Lipinski definition) is 3. The van der Waals surface area contributed by atoms with Crippen LogP contribution in [-0.4, -0.2) is 10.9 Å². The van der Waals surface area contributed by atoms with E-state index in [0.29, 0.717) is 5.13 Å². The number of aromatic nitrogens is 1. The number of carbonyl (C=O) groups excluding carboxylic acids is 1. The second kappa shape index (κ2) is 2.98. The number of hydrogen-bond donors (Lipinski definition) is 0. The lowest BCUT2D eigenvalue weighted by Crippen LogP contribution is -2.15. The maximum absolute atomic E-state index is 10.6. The Morgan fingerprint density at radius 2 is 2.60 bits per heavy atom. The molecule has 1 aromatic rings. The van der Waals surface area contributed by atoms with Crippen LogP contribution in [0.25, 0.3) is 0 Å². The first-order chi connectivity index (χ1) is 4.72. The van der Waals surface area contributed by atoms with Gasteiger partial charge in [0, 0.05) is 30.3 Å². The predicted molar refractivity (Wildman–Crippen MR) is 41.1 cm³/mol. The van der Waals surface area contributed by atoms with Crippen LogP contribution in [0.5, 0.6) is 0 Å². The summed E-state index contributed by atoms with van der Waals surface area (Å²) in [6.45, 7) is 1.38. The van der Waals surface area contributed by atoms with E-state index >= 15 is 0 Å². The molecule has 54 valence electrons. The Bertz CT molecular complexity index is 224. The number of rotatable bonds is 1. The molecule has 0 saturated carbocycles. The van der Waals surface area contributed by atoms with Crippen LogP contribution in [0, 0.1) is 0 Å². The first-order valence-corrected chi connectivity index (χ1v) is 3.79. The van der Waals surface area contributed by atoms with Gasteiger partial charge in [0.05, 0.1) is 0 Å². The van der Waals surface area contributed by atoms with Crippen molar-refractivity contribution in [2.75, 3.05) is 4.42 Å². The van der Waals surface area contributed by atoms with Crippen LogP contribution in [-0.2, 0) is 4.79 Å². The van der Waals surface area contributed by atoms with Crippen molar-refractivity contribution in [3.63, 3.8) is 0 Å². The summed E-state index contributed by atoms with van der Waals surface area (Å²) in [5.74, 6) is -0.225. The summed E-state index contributed by atoms with van der Waals surface area (Å²) >= 11 is 6.84. The van der Waals surface area contributed by atoms with E-state index in [1.54, 1.807) is 11.6 Å². The van der Waals surface area contributed by atoms with Gasteiger partial charge in [0.15, 0.2) is 0 Å². The van der Waals surface area contributed by atoms with Crippen LogP contribution >= 0.6 is 23.1 Å². The van der Waals surface area contributed by atoms with Crippen LogP contribution in [0.15, 0.2) is 11.6 Å². The number of nitrogens with zero attached hydrogens (tertiary/aromatic N) is 2. The quantitative estimate of drug-likeness (QED) is 0.610. The van der Waals surface area contributed by atoms with E-state index in [4.69, 9.17) is 11.8 Å². The largest absolute Gasteiger partial charge is 0.273 e. The molecular formula is C5H5ClN2OS. The first kappa shape index (κ1) is 7.50.